The summed E-state index contributed by atoms with van der Waals surface area (Å²) in [4.78, 5) is 18.7. The number of benzene rings is 1. The summed E-state index contributed by atoms with van der Waals surface area (Å²) in [5.74, 6) is 1.62. The average molecular weight is 311 g/mol. The van der Waals surface area contributed by atoms with Crippen molar-refractivity contribution in [3.8, 4) is 5.69 Å². The number of nitrogens with zero attached hydrogens (tertiary/aromatic N) is 4. The van der Waals surface area contributed by atoms with Crippen LogP contribution in [0.5, 0.6) is 0 Å². The minimum atomic E-state index is 0.142. The fraction of sp³-hybridized carbons (Fsp3) is 0.471. The van der Waals surface area contributed by atoms with Crippen LogP contribution in [-0.4, -0.2) is 51.8 Å². The van der Waals surface area contributed by atoms with Gasteiger partial charge in [0.2, 0.25) is 0 Å². The molecule has 0 spiro atoms. The third-order valence-corrected chi connectivity index (χ3v) is 5.10. The van der Waals surface area contributed by atoms with E-state index in [2.05, 4.69) is 15.4 Å². The highest BCUT2D eigenvalue weighted by molar-refractivity contribution is 5.94. The predicted molar refractivity (Wildman–Crippen MR) is 86.3 cm³/mol. The van der Waals surface area contributed by atoms with Crippen LogP contribution in [-0.2, 0) is 0 Å². The number of aromatic nitrogens is 3. The van der Waals surface area contributed by atoms with E-state index < -0.39 is 0 Å². The molecular weight excluding hydrogens is 290 g/mol. The zero-order valence-electron chi connectivity index (χ0n) is 13.1. The Labute approximate surface area is 135 Å². The first-order valence-corrected chi connectivity index (χ1v) is 8.26. The minimum Gasteiger partial charge on any atom is -0.339 e. The van der Waals surface area contributed by atoms with Gasteiger partial charge in [0, 0.05) is 18.7 Å². The van der Waals surface area contributed by atoms with Gasteiger partial charge in [-0.05, 0) is 62.0 Å². The minimum absolute atomic E-state index is 0.142. The second-order valence-corrected chi connectivity index (χ2v) is 6.43. The monoisotopic (exact) mass is 311 g/mol. The van der Waals surface area contributed by atoms with Crippen LogP contribution in [0.2, 0.25) is 0 Å². The molecule has 1 aromatic carbocycles. The highest BCUT2D eigenvalue weighted by Gasteiger charge is 2.31. The van der Waals surface area contributed by atoms with Crippen molar-refractivity contribution >= 4 is 5.91 Å². The highest BCUT2D eigenvalue weighted by Crippen LogP contribution is 2.27. The summed E-state index contributed by atoms with van der Waals surface area (Å²) in [6, 6.07) is 7.59. The Bertz CT molecular complexity index is 653. The topological polar surface area (TPSA) is 63.1 Å². The summed E-state index contributed by atoms with van der Waals surface area (Å²) >= 11 is 0. The van der Waals surface area contributed by atoms with Gasteiger partial charge in [-0.2, -0.15) is 5.10 Å². The number of hydrogen-bond acceptors (Lipinski definition) is 4. The molecule has 1 N–H and O–H groups in total. The van der Waals surface area contributed by atoms with Crippen molar-refractivity contribution in [2.75, 3.05) is 26.2 Å². The molecule has 4 rings (SSSR count). The second kappa shape index (κ2) is 6.12. The van der Waals surface area contributed by atoms with Crippen LogP contribution in [0.3, 0.4) is 0 Å². The summed E-state index contributed by atoms with van der Waals surface area (Å²) in [5.41, 5.74) is 1.66. The standard InChI is InChI=1S/C17H21N5O/c23-17(21-7-5-14-9-18-10-15(14)6-8-21)13-1-3-16(4-2-13)22-12-19-11-20-22/h1-4,11-12,14-15,18H,5-10H2/t14-,15+. The predicted octanol–water partition coefficient (Wildman–Crippen LogP) is 1.34. The van der Waals surface area contributed by atoms with Crippen LogP contribution >= 0.6 is 0 Å². The second-order valence-electron chi connectivity index (χ2n) is 6.43. The number of hydrogen-bond donors (Lipinski definition) is 1. The smallest absolute Gasteiger partial charge is 0.253 e. The molecule has 23 heavy (non-hydrogen) atoms. The lowest BCUT2D eigenvalue weighted by atomic mass is 9.92. The molecular formula is C17H21N5O. The molecule has 0 unspecified atom stereocenters. The van der Waals surface area contributed by atoms with E-state index in [9.17, 15) is 4.79 Å². The first-order chi connectivity index (χ1) is 11.3. The maximum atomic E-state index is 12.7. The Kier molecular flexibility index (Phi) is 3.83. The fourth-order valence-corrected chi connectivity index (χ4v) is 3.70. The molecule has 0 radical (unpaired) electrons. The molecule has 2 atom stereocenters. The largest absolute Gasteiger partial charge is 0.339 e. The van der Waals surface area contributed by atoms with E-state index in [1.165, 1.54) is 6.33 Å². The van der Waals surface area contributed by atoms with Crippen LogP contribution in [0.1, 0.15) is 23.2 Å². The zero-order chi connectivity index (χ0) is 15.6. The van der Waals surface area contributed by atoms with Gasteiger partial charge in [-0.25, -0.2) is 9.67 Å². The number of amides is 1. The van der Waals surface area contributed by atoms with Gasteiger partial charge in [-0.1, -0.05) is 0 Å². The maximum Gasteiger partial charge on any atom is 0.253 e. The van der Waals surface area contributed by atoms with Crippen molar-refractivity contribution in [2.24, 2.45) is 11.8 Å². The van der Waals surface area contributed by atoms with Crippen molar-refractivity contribution < 1.29 is 4.79 Å². The van der Waals surface area contributed by atoms with Crippen molar-refractivity contribution in [1.29, 1.82) is 0 Å². The summed E-state index contributed by atoms with van der Waals surface area (Å²) in [5, 5.41) is 7.57. The lowest BCUT2D eigenvalue weighted by Gasteiger charge is -2.21. The van der Waals surface area contributed by atoms with Gasteiger partial charge in [0.15, 0.2) is 0 Å². The Balaban J connectivity index is 1.46. The lowest BCUT2D eigenvalue weighted by molar-refractivity contribution is 0.0758. The van der Waals surface area contributed by atoms with E-state index in [0.29, 0.717) is 0 Å². The number of rotatable bonds is 2. The van der Waals surface area contributed by atoms with Crippen molar-refractivity contribution in [1.82, 2.24) is 25.0 Å². The van der Waals surface area contributed by atoms with E-state index in [1.807, 2.05) is 29.2 Å². The first kappa shape index (κ1) is 14.4. The Hall–Kier alpha value is -2.21. The number of carbonyl (C=O) groups excluding carboxylic acids is 1. The summed E-state index contributed by atoms with van der Waals surface area (Å²) in [6.07, 6.45) is 5.38. The van der Waals surface area contributed by atoms with Gasteiger partial charge in [0.25, 0.3) is 5.91 Å². The molecule has 6 heteroatoms. The number of fused-ring (bicyclic) bond motifs is 1. The van der Waals surface area contributed by atoms with E-state index in [-0.39, 0.29) is 5.91 Å². The molecule has 0 aliphatic carbocycles. The third kappa shape index (κ3) is 2.86. The van der Waals surface area contributed by atoms with Gasteiger partial charge in [-0.3, -0.25) is 4.79 Å². The summed E-state index contributed by atoms with van der Waals surface area (Å²) < 4.78 is 1.69. The molecule has 120 valence electrons. The molecule has 0 saturated carbocycles. The molecule has 2 fully saturated rings. The van der Waals surface area contributed by atoms with E-state index in [1.54, 1.807) is 11.0 Å². The molecule has 1 amide bonds. The van der Waals surface area contributed by atoms with Crippen molar-refractivity contribution in [2.45, 2.75) is 12.8 Å². The number of carbonyl (C=O) groups is 1. The molecule has 3 heterocycles. The fourth-order valence-electron chi connectivity index (χ4n) is 3.70. The number of likely N-dealkylation sites (tertiary alicyclic amines) is 1. The molecule has 2 aliphatic heterocycles. The van der Waals surface area contributed by atoms with Gasteiger partial charge in [0.1, 0.15) is 12.7 Å². The van der Waals surface area contributed by atoms with Crippen LogP contribution in [0.25, 0.3) is 5.69 Å². The third-order valence-electron chi connectivity index (χ3n) is 5.10. The summed E-state index contributed by atoms with van der Waals surface area (Å²) in [6.45, 7) is 3.96. The van der Waals surface area contributed by atoms with E-state index in [4.69, 9.17) is 0 Å². The van der Waals surface area contributed by atoms with Gasteiger partial charge >= 0.3 is 0 Å². The van der Waals surface area contributed by atoms with E-state index >= 15 is 0 Å². The van der Waals surface area contributed by atoms with Crippen LogP contribution < -0.4 is 5.32 Å². The highest BCUT2D eigenvalue weighted by atomic mass is 16.2. The number of nitrogens with one attached hydrogen (secondary N) is 1. The van der Waals surface area contributed by atoms with Crippen LogP contribution in [0.15, 0.2) is 36.9 Å². The van der Waals surface area contributed by atoms with Gasteiger partial charge in [-0.15, -0.1) is 0 Å². The van der Waals surface area contributed by atoms with Crippen molar-refractivity contribution in [3.05, 3.63) is 42.5 Å². The zero-order valence-corrected chi connectivity index (χ0v) is 13.1. The van der Waals surface area contributed by atoms with Crippen LogP contribution in [0.4, 0.5) is 0 Å². The van der Waals surface area contributed by atoms with Crippen molar-refractivity contribution in [3.63, 3.8) is 0 Å². The molecule has 0 bridgehead atoms. The quantitative estimate of drug-likeness (QED) is 0.909. The van der Waals surface area contributed by atoms with Gasteiger partial charge in [0.05, 0.1) is 5.69 Å². The molecule has 2 saturated heterocycles. The molecule has 1 aromatic heterocycles. The maximum absolute atomic E-state index is 12.7. The Morgan fingerprint density at radius 1 is 1.09 bits per heavy atom. The Morgan fingerprint density at radius 2 is 1.78 bits per heavy atom. The normalized spacial score (nSPS) is 24.3. The Morgan fingerprint density at radius 3 is 2.39 bits per heavy atom. The lowest BCUT2D eigenvalue weighted by Crippen LogP contribution is -2.32. The van der Waals surface area contributed by atoms with Gasteiger partial charge < -0.3 is 10.2 Å². The molecule has 2 aliphatic rings. The SMILES string of the molecule is O=C(c1ccc(-n2cncn2)cc1)N1CC[C@@H]2CNC[C@@H]2CC1. The first-order valence-electron chi connectivity index (χ1n) is 8.26. The summed E-state index contributed by atoms with van der Waals surface area (Å²) in [7, 11) is 0. The molecule has 2 aromatic rings. The van der Waals surface area contributed by atoms with E-state index in [0.717, 1.165) is 62.1 Å². The van der Waals surface area contributed by atoms with Crippen LogP contribution in [0, 0.1) is 11.8 Å². The molecule has 6 nitrogen and oxygen atoms in total. The average Bonchev–Trinajstić information content (AvgIpc) is 3.24.